The molecule has 2 N–H and O–H groups in total. The lowest BCUT2D eigenvalue weighted by Gasteiger charge is -1.99. The van der Waals surface area contributed by atoms with Crippen LogP contribution in [0.2, 0.25) is 0 Å². The zero-order valence-corrected chi connectivity index (χ0v) is 15.8. The molecule has 0 aliphatic rings. The van der Waals surface area contributed by atoms with Crippen molar-refractivity contribution in [2.45, 2.75) is 83.7 Å². The first-order valence-corrected chi connectivity index (χ1v) is 9.70. The van der Waals surface area contributed by atoms with Gasteiger partial charge in [-0.3, -0.25) is 4.79 Å². The topological polar surface area (TPSA) is 57.5 Å². The normalized spacial score (nSPS) is 13.7. The molecule has 0 aromatic rings. The van der Waals surface area contributed by atoms with Crippen molar-refractivity contribution in [1.29, 1.82) is 0 Å². The van der Waals surface area contributed by atoms with Crippen molar-refractivity contribution < 1.29 is 15.0 Å². The summed E-state index contributed by atoms with van der Waals surface area (Å²) in [4.78, 5) is 10.4. The summed E-state index contributed by atoms with van der Waals surface area (Å²) >= 11 is 0. The first-order chi connectivity index (χ1) is 12.2. The largest absolute Gasteiger partial charge is 0.481 e. The summed E-state index contributed by atoms with van der Waals surface area (Å²) in [7, 11) is 0. The predicted octanol–water partition coefficient (Wildman–Crippen LogP) is 5.97. The van der Waals surface area contributed by atoms with Gasteiger partial charge in [0.1, 0.15) is 0 Å². The minimum atomic E-state index is -0.707. The molecule has 3 heteroatoms. The minimum Gasteiger partial charge on any atom is -0.481 e. The fourth-order valence-electron chi connectivity index (χ4n) is 2.30. The Bertz CT molecular complexity index is 419. The second-order valence-corrected chi connectivity index (χ2v) is 6.28. The molecule has 0 spiro atoms. The van der Waals surface area contributed by atoms with E-state index in [-0.39, 0.29) is 6.42 Å². The minimum absolute atomic E-state index is 0.277. The van der Waals surface area contributed by atoms with Crippen molar-refractivity contribution >= 4 is 5.97 Å². The van der Waals surface area contributed by atoms with Gasteiger partial charge >= 0.3 is 5.97 Å². The second kappa shape index (κ2) is 18.7. The summed E-state index contributed by atoms with van der Waals surface area (Å²) in [6, 6.07) is 0. The highest BCUT2D eigenvalue weighted by atomic mass is 16.4. The summed E-state index contributed by atoms with van der Waals surface area (Å²) in [6.45, 7) is 2.20. The van der Waals surface area contributed by atoms with Gasteiger partial charge in [0.25, 0.3) is 0 Å². The van der Waals surface area contributed by atoms with Crippen molar-refractivity contribution in [1.82, 2.24) is 0 Å². The fourth-order valence-corrected chi connectivity index (χ4v) is 2.30. The van der Waals surface area contributed by atoms with E-state index in [0.29, 0.717) is 6.42 Å². The Kier molecular flexibility index (Phi) is 17.5. The van der Waals surface area contributed by atoms with Gasteiger partial charge in [0.05, 0.1) is 6.10 Å². The van der Waals surface area contributed by atoms with Crippen LogP contribution in [-0.2, 0) is 4.79 Å². The van der Waals surface area contributed by atoms with Gasteiger partial charge in [0.15, 0.2) is 0 Å². The first kappa shape index (κ1) is 23.4. The van der Waals surface area contributed by atoms with Crippen LogP contribution in [0.15, 0.2) is 48.6 Å². The maximum Gasteiger partial charge on any atom is 0.303 e. The molecule has 3 nitrogen and oxygen atoms in total. The van der Waals surface area contributed by atoms with Crippen molar-refractivity contribution in [2.75, 3.05) is 0 Å². The van der Waals surface area contributed by atoms with Gasteiger partial charge < -0.3 is 10.2 Å². The third-order valence-electron chi connectivity index (χ3n) is 3.80. The Hall–Kier alpha value is -1.61. The molecule has 1 atom stereocenters. The number of hydrogen-bond acceptors (Lipinski definition) is 2. The second-order valence-electron chi connectivity index (χ2n) is 6.28. The monoisotopic (exact) mass is 348 g/mol. The summed E-state index contributed by atoms with van der Waals surface area (Å²) in [5, 5.41) is 18.3. The standard InChI is InChI=1S/C22H36O3/c1-2-3-4-5-12-15-18-21(23)19-16-13-10-8-6-7-9-11-14-17-20-22(24)25/h6-7,10,12-13,15-16,19,21,23H,2-5,8-9,11,14,17-18,20H2,1H3,(H,24,25)/b7-6+,13-10+,15-12+,19-16+. The fraction of sp³-hybridized carbons (Fsp3) is 0.591. The van der Waals surface area contributed by atoms with Gasteiger partial charge in [0, 0.05) is 6.42 Å². The van der Waals surface area contributed by atoms with Gasteiger partial charge in [-0.1, -0.05) is 74.8 Å². The van der Waals surface area contributed by atoms with Crippen LogP contribution >= 0.6 is 0 Å². The van der Waals surface area contributed by atoms with E-state index in [4.69, 9.17) is 5.11 Å². The zero-order chi connectivity index (χ0) is 18.6. The van der Waals surface area contributed by atoms with E-state index in [1.807, 2.05) is 18.2 Å². The molecule has 0 aromatic carbocycles. The van der Waals surface area contributed by atoms with E-state index in [1.54, 1.807) is 0 Å². The van der Waals surface area contributed by atoms with Crippen LogP contribution in [-0.4, -0.2) is 22.3 Å². The molecule has 0 aliphatic carbocycles. The summed E-state index contributed by atoms with van der Waals surface area (Å²) in [6.07, 6.45) is 26.3. The molecular formula is C22H36O3. The number of aliphatic hydroxyl groups is 1. The molecule has 0 bridgehead atoms. The molecule has 0 amide bonds. The maximum atomic E-state index is 10.4. The third kappa shape index (κ3) is 20.3. The first-order valence-electron chi connectivity index (χ1n) is 9.70. The molecule has 0 fully saturated rings. The molecule has 0 aromatic heterocycles. The quantitative estimate of drug-likeness (QED) is 0.205. The van der Waals surface area contributed by atoms with Gasteiger partial charge in [0.2, 0.25) is 0 Å². The Balaban J connectivity index is 3.57. The summed E-state index contributed by atoms with van der Waals surface area (Å²) in [5.41, 5.74) is 0. The third-order valence-corrected chi connectivity index (χ3v) is 3.80. The average Bonchev–Trinajstić information content (AvgIpc) is 2.58. The maximum absolute atomic E-state index is 10.4. The Morgan fingerprint density at radius 3 is 2.32 bits per heavy atom. The van der Waals surface area contributed by atoms with Gasteiger partial charge in [-0.05, 0) is 44.9 Å². The molecule has 0 heterocycles. The number of hydrogen-bond donors (Lipinski definition) is 2. The van der Waals surface area contributed by atoms with E-state index in [9.17, 15) is 9.90 Å². The molecule has 142 valence electrons. The number of carbonyl (C=O) groups is 1. The van der Waals surface area contributed by atoms with Crippen molar-refractivity contribution in [3.63, 3.8) is 0 Å². The molecule has 0 saturated carbocycles. The molecule has 25 heavy (non-hydrogen) atoms. The SMILES string of the molecule is CCCCC/C=C/CC(O)/C=C/C=C/C/C=C/CCCCCC(=O)O. The van der Waals surface area contributed by atoms with Crippen LogP contribution in [0.4, 0.5) is 0 Å². The molecule has 1 unspecified atom stereocenters. The van der Waals surface area contributed by atoms with E-state index < -0.39 is 12.1 Å². The van der Waals surface area contributed by atoms with Crippen LogP contribution in [0.3, 0.4) is 0 Å². The number of aliphatic carboxylic acids is 1. The highest BCUT2D eigenvalue weighted by Gasteiger charge is 1.95. The highest BCUT2D eigenvalue weighted by Crippen LogP contribution is 2.04. The van der Waals surface area contributed by atoms with Crippen molar-refractivity contribution in [3.05, 3.63) is 48.6 Å². The van der Waals surface area contributed by atoms with E-state index in [1.165, 1.54) is 19.3 Å². The number of aliphatic hydroxyl groups excluding tert-OH is 1. The number of allylic oxidation sites excluding steroid dienone is 6. The van der Waals surface area contributed by atoms with E-state index in [2.05, 4.69) is 37.3 Å². The Morgan fingerprint density at radius 2 is 1.60 bits per heavy atom. The lowest BCUT2D eigenvalue weighted by atomic mass is 10.1. The van der Waals surface area contributed by atoms with Crippen LogP contribution < -0.4 is 0 Å². The van der Waals surface area contributed by atoms with Crippen LogP contribution in [0.1, 0.15) is 77.6 Å². The van der Waals surface area contributed by atoms with E-state index >= 15 is 0 Å². The lowest BCUT2D eigenvalue weighted by Crippen LogP contribution is -1.98. The zero-order valence-electron chi connectivity index (χ0n) is 15.8. The molecule has 0 rings (SSSR count). The van der Waals surface area contributed by atoms with E-state index in [0.717, 1.165) is 38.5 Å². The van der Waals surface area contributed by atoms with Gasteiger partial charge in [-0.15, -0.1) is 0 Å². The molecule has 0 radical (unpaired) electrons. The number of unbranched alkanes of at least 4 members (excludes halogenated alkanes) is 6. The lowest BCUT2D eigenvalue weighted by molar-refractivity contribution is -0.137. The number of carboxylic acid groups (broad SMARTS) is 1. The van der Waals surface area contributed by atoms with Gasteiger partial charge in [-0.25, -0.2) is 0 Å². The van der Waals surface area contributed by atoms with Crippen molar-refractivity contribution in [2.24, 2.45) is 0 Å². The molecule has 0 saturated heterocycles. The van der Waals surface area contributed by atoms with Crippen LogP contribution in [0.5, 0.6) is 0 Å². The Labute approximate surface area is 153 Å². The van der Waals surface area contributed by atoms with Crippen LogP contribution in [0.25, 0.3) is 0 Å². The number of carboxylic acids is 1. The summed E-state index contributed by atoms with van der Waals surface area (Å²) in [5.74, 6) is -0.707. The van der Waals surface area contributed by atoms with Crippen LogP contribution in [0, 0.1) is 0 Å². The van der Waals surface area contributed by atoms with Crippen molar-refractivity contribution in [3.8, 4) is 0 Å². The van der Waals surface area contributed by atoms with Gasteiger partial charge in [-0.2, -0.15) is 0 Å². The summed E-state index contributed by atoms with van der Waals surface area (Å²) < 4.78 is 0. The average molecular weight is 349 g/mol. The number of rotatable bonds is 16. The smallest absolute Gasteiger partial charge is 0.303 e. The highest BCUT2D eigenvalue weighted by molar-refractivity contribution is 5.66. The predicted molar refractivity (Wildman–Crippen MR) is 107 cm³/mol. The molecule has 0 aliphatic heterocycles. The Morgan fingerprint density at radius 1 is 0.880 bits per heavy atom. The molecular weight excluding hydrogens is 312 g/mol.